The van der Waals surface area contributed by atoms with Crippen molar-refractivity contribution in [2.24, 2.45) is 0 Å². The van der Waals surface area contributed by atoms with Crippen LogP contribution >= 0.6 is 0 Å². The zero-order valence-corrected chi connectivity index (χ0v) is 10.3. The Morgan fingerprint density at radius 3 is 2.82 bits per heavy atom. The van der Waals surface area contributed by atoms with Crippen molar-refractivity contribution in [3.63, 3.8) is 0 Å². The maximum Gasteiger partial charge on any atom is 0.270 e. The van der Waals surface area contributed by atoms with E-state index in [1.54, 1.807) is 16.9 Å². The molecule has 0 aliphatic rings. The van der Waals surface area contributed by atoms with E-state index >= 15 is 0 Å². The highest BCUT2D eigenvalue weighted by atomic mass is 16.1. The summed E-state index contributed by atoms with van der Waals surface area (Å²) in [5, 5.41) is 3.01. The van der Waals surface area contributed by atoms with Crippen LogP contribution in [0.15, 0.2) is 35.3 Å². The molecule has 2 aromatic heterocycles. The van der Waals surface area contributed by atoms with Gasteiger partial charge < -0.3 is 5.01 Å². The van der Waals surface area contributed by atoms with E-state index in [9.17, 15) is 4.79 Å². The fraction of sp³-hybridized carbons (Fsp3) is 0.385. The second-order valence-corrected chi connectivity index (χ2v) is 3.95. The molecule has 0 aliphatic heterocycles. The number of rotatable bonds is 4. The maximum atomic E-state index is 12.0. The molecule has 0 bridgehead atoms. The smallest absolute Gasteiger partial charge is 0.270 e. The third-order valence-electron chi connectivity index (χ3n) is 2.76. The van der Waals surface area contributed by atoms with E-state index in [2.05, 4.69) is 11.9 Å². The van der Waals surface area contributed by atoms with Gasteiger partial charge in [0.05, 0.1) is 0 Å². The molecule has 0 unspecified atom stereocenters. The van der Waals surface area contributed by atoms with Gasteiger partial charge in [-0.3, -0.25) is 4.79 Å². The third kappa shape index (κ3) is 2.16. The summed E-state index contributed by atoms with van der Waals surface area (Å²) in [6, 6.07) is 7.27. The number of aromatic nitrogens is 2. The molecule has 4 nitrogen and oxygen atoms in total. The summed E-state index contributed by atoms with van der Waals surface area (Å²) in [6.45, 7) is 5.80. The Bertz CT molecular complexity index is 562. The number of hydrogen-bond acceptors (Lipinski definition) is 3. The van der Waals surface area contributed by atoms with E-state index in [1.807, 2.05) is 30.1 Å². The van der Waals surface area contributed by atoms with Crippen molar-refractivity contribution in [3.05, 3.63) is 40.8 Å². The van der Waals surface area contributed by atoms with E-state index < -0.39 is 0 Å². The van der Waals surface area contributed by atoms with Gasteiger partial charge in [-0.25, -0.2) is 9.66 Å². The zero-order valence-electron chi connectivity index (χ0n) is 10.3. The molecule has 17 heavy (non-hydrogen) atoms. The molecule has 0 spiro atoms. The van der Waals surface area contributed by atoms with Crippen molar-refractivity contribution in [2.75, 3.05) is 18.1 Å². The Kier molecular flexibility index (Phi) is 3.42. The summed E-state index contributed by atoms with van der Waals surface area (Å²) in [7, 11) is 0. The van der Waals surface area contributed by atoms with Crippen LogP contribution in [0.5, 0.6) is 0 Å². The SMILES string of the molecule is CCCN(CC)n1c(=O)ccc2cccnc21. The topological polar surface area (TPSA) is 38.1 Å². The maximum absolute atomic E-state index is 12.0. The van der Waals surface area contributed by atoms with Gasteiger partial charge in [-0.15, -0.1) is 0 Å². The van der Waals surface area contributed by atoms with E-state index in [0.717, 1.165) is 30.5 Å². The monoisotopic (exact) mass is 231 g/mol. The van der Waals surface area contributed by atoms with Crippen molar-refractivity contribution >= 4 is 11.0 Å². The number of pyridine rings is 2. The fourth-order valence-electron chi connectivity index (χ4n) is 1.98. The largest absolute Gasteiger partial charge is 0.308 e. The lowest BCUT2D eigenvalue weighted by Gasteiger charge is -2.25. The molecule has 0 saturated carbocycles. The quantitative estimate of drug-likeness (QED) is 0.804. The van der Waals surface area contributed by atoms with Gasteiger partial charge in [-0.05, 0) is 31.5 Å². The minimum absolute atomic E-state index is 0.0218. The van der Waals surface area contributed by atoms with Crippen molar-refractivity contribution in [1.29, 1.82) is 0 Å². The molecule has 0 radical (unpaired) electrons. The Balaban J connectivity index is 2.65. The normalized spacial score (nSPS) is 10.7. The number of hydrogen-bond donors (Lipinski definition) is 0. The summed E-state index contributed by atoms with van der Waals surface area (Å²) in [6.07, 6.45) is 2.72. The zero-order chi connectivity index (χ0) is 12.3. The molecular formula is C13H17N3O. The van der Waals surface area contributed by atoms with Gasteiger partial charge in [0.25, 0.3) is 5.56 Å². The van der Waals surface area contributed by atoms with Crippen LogP contribution in [0.3, 0.4) is 0 Å². The lowest BCUT2D eigenvalue weighted by molar-refractivity contribution is 0.589. The van der Waals surface area contributed by atoms with Crippen LogP contribution in [0.4, 0.5) is 0 Å². The van der Waals surface area contributed by atoms with Gasteiger partial charge in [0.15, 0.2) is 5.65 Å². The second-order valence-electron chi connectivity index (χ2n) is 3.95. The van der Waals surface area contributed by atoms with E-state index in [0.29, 0.717) is 0 Å². The molecule has 90 valence electrons. The first kappa shape index (κ1) is 11.6. The van der Waals surface area contributed by atoms with Gasteiger partial charge in [0.1, 0.15) is 0 Å². The molecule has 4 heteroatoms. The van der Waals surface area contributed by atoms with Crippen molar-refractivity contribution < 1.29 is 0 Å². The molecule has 0 atom stereocenters. The molecule has 0 aromatic carbocycles. The standard InChI is InChI=1S/C13H17N3O/c1-3-10-15(4-2)16-12(17)8-7-11-6-5-9-14-13(11)16/h5-9H,3-4,10H2,1-2H3. The van der Waals surface area contributed by atoms with Crippen molar-refractivity contribution in [2.45, 2.75) is 20.3 Å². The number of nitrogens with zero attached hydrogens (tertiary/aromatic N) is 3. The molecule has 0 amide bonds. The van der Waals surface area contributed by atoms with Gasteiger partial charge in [0.2, 0.25) is 0 Å². The summed E-state index contributed by atoms with van der Waals surface area (Å²) in [5.41, 5.74) is 0.710. The van der Waals surface area contributed by atoms with Gasteiger partial charge in [0, 0.05) is 30.7 Å². The van der Waals surface area contributed by atoms with Gasteiger partial charge in [-0.1, -0.05) is 6.92 Å². The van der Waals surface area contributed by atoms with Crippen LogP contribution in [0, 0.1) is 0 Å². The highest BCUT2D eigenvalue weighted by Crippen LogP contribution is 2.08. The molecule has 2 heterocycles. The minimum atomic E-state index is -0.0218. The van der Waals surface area contributed by atoms with Crippen molar-refractivity contribution in [3.8, 4) is 0 Å². The second kappa shape index (κ2) is 4.99. The summed E-state index contributed by atoms with van der Waals surface area (Å²) < 4.78 is 1.68. The Morgan fingerprint density at radius 2 is 2.12 bits per heavy atom. The Hall–Kier alpha value is -1.84. The molecule has 0 N–H and O–H groups in total. The summed E-state index contributed by atoms with van der Waals surface area (Å²) in [4.78, 5) is 16.3. The Labute approximate surface area is 100 Å². The molecule has 0 fully saturated rings. The molecule has 0 saturated heterocycles. The molecule has 2 rings (SSSR count). The average Bonchev–Trinajstić information content (AvgIpc) is 2.37. The van der Waals surface area contributed by atoms with E-state index in [4.69, 9.17) is 0 Å². The third-order valence-corrected chi connectivity index (χ3v) is 2.76. The van der Waals surface area contributed by atoms with Gasteiger partial charge in [-0.2, -0.15) is 0 Å². The van der Waals surface area contributed by atoms with Crippen LogP contribution in [0.2, 0.25) is 0 Å². The first-order valence-electron chi connectivity index (χ1n) is 6.00. The molecule has 2 aromatic rings. The van der Waals surface area contributed by atoms with Gasteiger partial charge >= 0.3 is 0 Å². The lowest BCUT2D eigenvalue weighted by Crippen LogP contribution is -2.42. The Morgan fingerprint density at radius 1 is 1.29 bits per heavy atom. The van der Waals surface area contributed by atoms with Crippen LogP contribution in [-0.4, -0.2) is 22.7 Å². The molecule has 0 aliphatic carbocycles. The van der Waals surface area contributed by atoms with Crippen LogP contribution in [0.1, 0.15) is 20.3 Å². The lowest BCUT2D eigenvalue weighted by atomic mass is 10.3. The van der Waals surface area contributed by atoms with Crippen LogP contribution in [-0.2, 0) is 0 Å². The summed E-state index contributed by atoms with van der Waals surface area (Å²) >= 11 is 0. The summed E-state index contributed by atoms with van der Waals surface area (Å²) in [5.74, 6) is 0. The van der Waals surface area contributed by atoms with Crippen LogP contribution in [0.25, 0.3) is 11.0 Å². The first-order chi connectivity index (χ1) is 8.27. The highest BCUT2D eigenvalue weighted by molar-refractivity contribution is 5.74. The highest BCUT2D eigenvalue weighted by Gasteiger charge is 2.09. The number of fused-ring (bicyclic) bond motifs is 1. The minimum Gasteiger partial charge on any atom is -0.308 e. The predicted molar refractivity (Wildman–Crippen MR) is 69.9 cm³/mol. The van der Waals surface area contributed by atoms with Crippen molar-refractivity contribution in [1.82, 2.24) is 9.66 Å². The first-order valence-corrected chi connectivity index (χ1v) is 6.00. The average molecular weight is 231 g/mol. The molecular weight excluding hydrogens is 214 g/mol. The predicted octanol–water partition coefficient (Wildman–Crippen LogP) is 1.76. The van der Waals surface area contributed by atoms with Crippen LogP contribution < -0.4 is 10.6 Å². The fourth-order valence-corrected chi connectivity index (χ4v) is 1.98. The van der Waals surface area contributed by atoms with E-state index in [1.165, 1.54) is 0 Å². The van der Waals surface area contributed by atoms with E-state index in [-0.39, 0.29) is 5.56 Å².